The zero-order valence-electron chi connectivity index (χ0n) is 11.3. The number of ether oxygens (including phenoxy) is 2. The first-order valence-corrected chi connectivity index (χ1v) is 6.97. The summed E-state index contributed by atoms with van der Waals surface area (Å²) in [5, 5.41) is 3.42. The van der Waals surface area contributed by atoms with Gasteiger partial charge < -0.3 is 14.8 Å². The summed E-state index contributed by atoms with van der Waals surface area (Å²) in [6, 6.07) is 0.724. The van der Waals surface area contributed by atoms with Gasteiger partial charge in [0.15, 0.2) is 5.79 Å². The van der Waals surface area contributed by atoms with E-state index < -0.39 is 0 Å². The van der Waals surface area contributed by atoms with Crippen molar-refractivity contribution in [3.05, 3.63) is 0 Å². The first-order chi connectivity index (χ1) is 8.02. The lowest BCUT2D eigenvalue weighted by atomic mass is 9.94. The summed E-state index contributed by atoms with van der Waals surface area (Å²) >= 11 is 0. The maximum Gasteiger partial charge on any atom is 0.168 e. The SMILES string of the molecule is CN[C@H]1C[C@@H]2CC3(C[C@@H]2C1)OCC(C)(C)CO3. The molecule has 1 heterocycles. The molecule has 3 heteroatoms. The Morgan fingerprint density at radius 2 is 1.53 bits per heavy atom. The van der Waals surface area contributed by atoms with E-state index >= 15 is 0 Å². The van der Waals surface area contributed by atoms with Crippen molar-refractivity contribution in [2.45, 2.75) is 51.4 Å². The fourth-order valence-corrected chi connectivity index (χ4v) is 3.80. The van der Waals surface area contributed by atoms with E-state index in [2.05, 4.69) is 26.2 Å². The Balaban J connectivity index is 1.63. The minimum Gasteiger partial charge on any atom is -0.349 e. The molecule has 0 aromatic carbocycles. The van der Waals surface area contributed by atoms with Gasteiger partial charge >= 0.3 is 0 Å². The molecule has 1 aliphatic heterocycles. The van der Waals surface area contributed by atoms with Gasteiger partial charge in [-0.25, -0.2) is 0 Å². The molecule has 1 spiro atoms. The van der Waals surface area contributed by atoms with Gasteiger partial charge in [-0.05, 0) is 31.7 Å². The van der Waals surface area contributed by atoms with Gasteiger partial charge in [-0.15, -0.1) is 0 Å². The second-order valence-electron chi connectivity index (χ2n) is 7.04. The molecule has 1 saturated heterocycles. The summed E-state index contributed by atoms with van der Waals surface area (Å²) in [7, 11) is 2.08. The predicted octanol–water partition coefficient (Wildman–Crippen LogP) is 2.16. The van der Waals surface area contributed by atoms with Crippen molar-refractivity contribution in [3.8, 4) is 0 Å². The maximum absolute atomic E-state index is 6.10. The Morgan fingerprint density at radius 1 is 1.00 bits per heavy atom. The van der Waals surface area contributed by atoms with Gasteiger partial charge in [-0.3, -0.25) is 0 Å². The van der Waals surface area contributed by atoms with Gasteiger partial charge in [0.25, 0.3) is 0 Å². The first-order valence-electron chi connectivity index (χ1n) is 6.97. The third kappa shape index (κ3) is 2.13. The van der Waals surface area contributed by atoms with Crippen LogP contribution in [0, 0.1) is 17.3 Å². The summed E-state index contributed by atoms with van der Waals surface area (Å²) in [6.07, 6.45) is 4.84. The van der Waals surface area contributed by atoms with Crippen LogP contribution in [-0.4, -0.2) is 32.1 Å². The molecule has 2 saturated carbocycles. The molecule has 0 radical (unpaired) electrons. The molecule has 98 valence electrons. The Bertz CT molecular complexity index is 277. The largest absolute Gasteiger partial charge is 0.349 e. The number of hydrogen-bond acceptors (Lipinski definition) is 3. The summed E-state index contributed by atoms with van der Waals surface area (Å²) in [4.78, 5) is 0. The Morgan fingerprint density at radius 3 is 2.00 bits per heavy atom. The molecule has 3 aliphatic rings. The second-order valence-corrected chi connectivity index (χ2v) is 7.04. The number of rotatable bonds is 1. The summed E-state index contributed by atoms with van der Waals surface area (Å²) in [5.41, 5.74) is 0.191. The van der Waals surface area contributed by atoms with E-state index in [9.17, 15) is 0 Å². The van der Waals surface area contributed by atoms with Crippen LogP contribution < -0.4 is 5.32 Å². The molecule has 3 atom stereocenters. The van der Waals surface area contributed by atoms with Crippen LogP contribution in [0.5, 0.6) is 0 Å². The van der Waals surface area contributed by atoms with Crippen molar-refractivity contribution in [1.29, 1.82) is 0 Å². The van der Waals surface area contributed by atoms with E-state index in [0.29, 0.717) is 0 Å². The van der Waals surface area contributed by atoms with E-state index in [0.717, 1.165) is 43.9 Å². The highest BCUT2D eigenvalue weighted by atomic mass is 16.7. The molecule has 17 heavy (non-hydrogen) atoms. The quantitative estimate of drug-likeness (QED) is 0.760. The highest BCUT2D eigenvalue weighted by Crippen LogP contribution is 2.52. The van der Waals surface area contributed by atoms with Crippen molar-refractivity contribution < 1.29 is 9.47 Å². The van der Waals surface area contributed by atoms with Gasteiger partial charge in [0.05, 0.1) is 13.2 Å². The lowest BCUT2D eigenvalue weighted by Crippen LogP contribution is -2.46. The van der Waals surface area contributed by atoms with E-state index in [1.165, 1.54) is 12.8 Å². The topological polar surface area (TPSA) is 30.5 Å². The smallest absolute Gasteiger partial charge is 0.168 e. The van der Waals surface area contributed by atoms with Crippen LogP contribution in [0.4, 0.5) is 0 Å². The molecule has 1 N–H and O–H groups in total. The molecule has 3 rings (SSSR count). The fourth-order valence-electron chi connectivity index (χ4n) is 3.80. The highest BCUT2D eigenvalue weighted by molar-refractivity contribution is 4.99. The Labute approximate surface area is 104 Å². The van der Waals surface area contributed by atoms with Gasteiger partial charge in [0.1, 0.15) is 0 Å². The predicted molar refractivity (Wildman–Crippen MR) is 66.7 cm³/mol. The second kappa shape index (κ2) is 3.94. The average molecular weight is 239 g/mol. The van der Waals surface area contributed by atoms with Crippen LogP contribution in [0.3, 0.4) is 0 Å². The number of fused-ring (bicyclic) bond motifs is 1. The van der Waals surface area contributed by atoms with Crippen molar-refractivity contribution in [2.24, 2.45) is 17.3 Å². The van der Waals surface area contributed by atoms with Crippen LogP contribution >= 0.6 is 0 Å². The van der Waals surface area contributed by atoms with Crippen molar-refractivity contribution in [3.63, 3.8) is 0 Å². The lowest BCUT2D eigenvalue weighted by molar-refractivity contribution is -0.297. The van der Waals surface area contributed by atoms with E-state index in [4.69, 9.17) is 9.47 Å². The van der Waals surface area contributed by atoms with Crippen LogP contribution in [0.15, 0.2) is 0 Å². The van der Waals surface area contributed by atoms with Crippen LogP contribution in [0.25, 0.3) is 0 Å². The Hall–Kier alpha value is -0.120. The van der Waals surface area contributed by atoms with E-state index in [1.807, 2.05) is 0 Å². The van der Waals surface area contributed by atoms with Crippen molar-refractivity contribution in [2.75, 3.05) is 20.3 Å². The molecule has 0 unspecified atom stereocenters. The monoisotopic (exact) mass is 239 g/mol. The molecule has 0 aromatic rings. The van der Waals surface area contributed by atoms with Crippen molar-refractivity contribution in [1.82, 2.24) is 5.32 Å². The van der Waals surface area contributed by atoms with Gasteiger partial charge in [0, 0.05) is 24.3 Å². The molecule has 2 aliphatic carbocycles. The first kappa shape index (κ1) is 11.9. The molecule has 0 amide bonds. The summed E-state index contributed by atoms with van der Waals surface area (Å²) < 4.78 is 12.2. The molecule has 0 aromatic heterocycles. The highest BCUT2D eigenvalue weighted by Gasteiger charge is 2.53. The van der Waals surface area contributed by atoms with E-state index in [1.54, 1.807) is 0 Å². The zero-order chi connectivity index (χ0) is 12.1. The minimum atomic E-state index is -0.219. The maximum atomic E-state index is 6.10. The average Bonchev–Trinajstić information content (AvgIpc) is 2.78. The fraction of sp³-hybridized carbons (Fsp3) is 1.00. The third-order valence-corrected chi connectivity index (χ3v) is 4.85. The summed E-state index contributed by atoms with van der Waals surface area (Å²) in [5.74, 6) is 1.41. The van der Waals surface area contributed by atoms with Gasteiger partial charge in [-0.1, -0.05) is 13.8 Å². The molecular formula is C14H25NO2. The van der Waals surface area contributed by atoms with Crippen LogP contribution in [0.1, 0.15) is 39.5 Å². The number of nitrogens with one attached hydrogen (secondary N) is 1. The molecule has 3 fully saturated rings. The molecule has 3 nitrogen and oxygen atoms in total. The molecular weight excluding hydrogens is 214 g/mol. The zero-order valence-corrected chi connectivity index (χ0v) is 11.3. The standard InChI is InChI=1S/C14H25NO2/c1-13(2)8-16-14(17-9-13)6-10-4-12(15-3)5-11(10)7-14/h10-12,15H,4-9H2,1-3H3/t10-,11+,12+. The van der Waals surface area contributed by atoms with Gasteiger partial charge in [-0.2, -0.15) is 0 Å². The van der Waals surface area contributed by atoms with E-state index in [-0.39, 0.29) is 11.2 Å². The third-order valence-electron chi connectivity index (χ3n) is 4.85. The Kier molecular flexibility index (Phi) is 2.77. The van der Waals surface area contributed by atoms with Crippen LogP contribution in [-0.2, 0) is 9.47 Å². The minimum absolute atomic E-state index is 0.191. The number of hydrogen-bond donors (Lipinski definition) is 1. The normalized spacial score (nSPS) is 42.9. The van der Waals surface area contributed by atoms with Gasteiger partial charge in [0.2, 0.25) is 0 Å². The molecule has 0 bridgehead atoms. The van der Waals surface area contributed by atoms with Crippen LogP contribution in [0.2, 0.25) is 0 Å². The van der Waals surface area contributed by atoms with Crippen molar-refractivity contribution >= 4 is 0 Å². The summed E-state index contributed by atoms with van der Waals surface area (Å²) in [6.45, 7) is 6.13. The lowest BCUT2D eigenvalue weighted by Gasteiger charge is -2.42.